The second-order valence-electron chi connectivity index (χ2n) is 6.34. The topological polar surface area (TPSA) is 49.7 Å². The Hall–Kier alpha value is -1.06. The number of hydrogen-bond donors (Lipinski definition) is 2. The van der Waals surface area contributed by atoms with Crippen LogP contribution in [0.4, 0.5) is 0 Å². The summed E-state index contributed by atoms with van der Waals surface area (Å²) in [6.07, 6.45) is 11.7. The highest BCUT2D eigenvalue weighted by atomic mass is 16.5. The molecule has 0 aliphatic carbocycles. The summed E-state index contributed by atoms with van der Waals surface area (Å²) in [6.45, 7) is 2.48. The van der Waals surface area contributed by atoms with Gasteiger partial charge in [0.2, 0.25) is 0 Å². The molecule has 1 aromatic carbocycles. The van der Waals surface area contributed by atoms with Gasteiger partial charge in [0.05, 0.1) is 19.3 Å². The number of rotatable bonds is 14. The molecule has 3 nitrogen and oxygen atoms in total. The molecule has 1 aromatic rings. The maximum atomic E-state index is 9.25. The summed E-state index contributed by atoms with van der Waals surface area (Å²) < 4.78 is 5.55. The Morgan fingerprint density at radius 1 is 0.913 bits per heavy atom. The molecule has 23 heavy (non-hydrogen) atoms. The van der Waals surface area contributed by atoms with Gasteiger partial charge in [0.25, 0.3) is 0 Å². The van der Waals surface area contributed by atoms with Crippen molar-refractivity contribution in [2.75, 3.05) is 13.2 Å². The van der Waals surface area contributed by atoms with E-state index < -0.39 is 6.10 Å². The summed E-state index contributed by atoms with van der Waals surface area (Å²) in [6, 6.07) is 8.23. The molecule has 132 valence electrons. The Morgan fingerprint density at radius 3 is 2.13 bits per heavy atom. The zero-order valence-electron chi connectivity index (χ0n) is 14.7. The fourth-order valence-corrected chi connectivity index (χ4v) is 2.62. The van der Waals surface area contributed by atoms with Gasteiger partial charge in [-0.1, -0.05) is 64.0 Å². The van der Waals surface area contributed by atoms with Crippen LogP contribution in [0.1, 0.15) is 70.3 Å². The number of hydrogen-bond acceptors (Lipinski definition) is 3. The average molecular weight is 322 g/mol. The van der Waals surface area contributed by atoms with Gasteiger partial charge >= 0.3 is 0 Å². The standard InChI is InChI=1S/C20H34O3/c1-2-3-4-5-6-7-8-9-10-18-11-13-20(14-12-18)23-16-15-19(22)17-21/h11-14,19,21-22H,2-10,15-17H2,1H3. The van der Waals surface area contributed by atoms with Crippen molar-refractivity contribution in [1.29, 1.82) is 0 Å². The molecular formula is C20H34O3. The zero-order chi connectivity index (χ0) is 16.8. The summed E-state index contributed by atoms with van der Waals surface area (Å²) in [4.78, 5) is 0. The van der Waals surface area contributed by atoms with E-state index in [1.54, 1.807) is 0 Å². The van der Waals surface area contributed by atoms with Gasteiger partial charge in [-0.25, -0.2) is 0 Å². The first kappa shape index (κ1) is 20.0. The Balaban J connectivity index is 2.07. The predicted molar refractivity (Wildman–Crippen MR) is 96.0 cm³/mol. The minimum Gasteiger partial charge on any atom is -0.493 e. The molecule has 0 heterocycles. The van der Waals surface area contributed by atoms with Crippen LogP contribution in [0.2, 0.25) is 0 Å². The first-order chi connectivity index (χ1) is 11.3. The summed E-state index contributed by atoms with van der Waals surface area (Å²) in [5, 5.41) is 18.0. The largest absolute Gasteiger partial charge is 0.493 e. The maximum Gasteiger partial charge on any atom is 0.119 e. The SMILES string of the molecule is CCCCCCCCCCc1ccc(OCCC(O)CO)cc1. The van der Waals surface area contributed by atoms with Crippen LogP contribution >= 0.6 is 0 Å². The minimum atomic E-state index is -0.684. The molecule has 1 rings (SSSR count). The van der Waals surface area contributed by atoms with E-state index in [1.165, 1.54) is 56.9 Å². The van der Waals surface area contributed by atoms with Gasteiger partial charge in [-0.3, -0.25) is 0 Å². The molecule has 0 bridgehead atoms. The molecule has 0 aliphatic rings. The Bertz CT molecular complexity index is 375. The molecule has 1 unspecified atom stereocenters. The lowest BCUT2D eigenvalue weighted by Crippen LogP contribution is -2.15. The second-order valence-corrected chi connectivity index (χ2v) is 6.34. The first-order valence-corrected chi connectivity index (χ1v) is 9.27. The van der Waals surface area contributed by atoms with Crippen LogP contribution in [0.25, 0.3) is 0 Å². The van der Waals surface area contributed by atoms with Gasteiger partial charge in [0.1, 0.15) is 5.75 Å². The molecule has 2 N–H and O–H groups in total. The van der Waals surface area contributed by atoms with Crippen molar-refractivity contribution >= 4 is 0 Å². The smallest absolute Gasteiger partial charge is 0.119 e. The van der Waals surface area contributed by atoms with Crippen LogP contribution in [-0.2, 0) is 6.42 Å². The third-order valence-electron chi connectivity index (χ3n) is 4.17. The second kappa shape index (κ2) is 13.4. The normalized spacial score (nSPS) is 12.3. The van der Waals surface area contributed by atoms with Gasteiger partial charge in [-0.2, -0.15) is 0 Å². The summed E-state index contributed by atoms with van der Waals surface area (Å²) in [5.74, 6) is 0.829. The lowest BCUT2D eigenvalue weighted by molar-refractivity contribution is 0.0754. The predicted octanol–water partition coefficient (Wildman–Crippen LogP) is 4.49. The van der Waals surface area contributed by atoms with E-state index in [0.29, 0.717) is 13.0 Å². The molecule has 3 heteroatoms. The van der Waals surface area contributed by atoms with Crippen molar-refractivity contribution in [3.8, 4) is 5.75 Å². The number of aliphatic hydroxyl groups is 2. The number of ether oxygens (including phenoxy) is 1. The lowest BCUT2D eigenvalue weighted by atomic mass is 10.0. The van der Waals surface area contributed by atoms with Crippen molar-refractivity contribution in [2.24, 2.45) is 0 Å². The highest BCUT2D eigenvalue weighted by Gasteiger charge is 2.02. The molecule has 0 saturated heterocycles. The molecule has 0 fully saturated rings. The zero-order valence-corrected chi connectivity index (χ0v) is 14.7. The van der Waals surface area contributed by atoms with Gasteiger partial charge in [-0.05, 0) is 30.5 Å². The molecule has 0 spiro atoms. The third-order valence-corrected chi connectivity index (χ3v) is 4.17. The van der Waals surface area contributed by atoms with Crippen LogP contribution in [-0.4, -0.2) is 29.5 Å². The van der Waals surface area contributed by atoms with Gasteiger partial charge in [-0.15, -0.1) is 0 Å². The number of unbranched alkanes of at least 4 members (excludes halogenated alkanes) is 7. The van der Waals surface area contributed by atoms with Gasteiger partial charge in [0, 0.05) is 6.42 Å². The van der Waals surface area contributed by atoms with Crippen molar-refractivity contribution in [3.63, 3.8) is 0 Å². The summed E-state index contributed by atoms with van der Waals surface area (Å²) >= 11 is 0. The molecule has 0 amide bonds. The molecule has 0 saturated carbocycles. The van der Waals surface area contributed by atoms with Crippen LogP contribution in [0.15, 0.2) is 24.3 Å². The lowest BCUT2D eigenvalue weighted by Gasteiger charge is -2.09. The van der Waals surface area contributed by atoms with Crippen LogP contribution in [0, 0.1) is 0 Å². The minimum absolute atomic E-state index is 0.207. The fourth-order valence-electron chi connectivity index (χ4n) is 2.62. The number of benzene rings is 1. The first-order valence-electron chi connectivity index (χ1n) is 9.27. The monoisotopic (exact) mass is 322 g/mol. The highest BCUT2D eigenvalue weighted by molar-refractivity contribution is 5.27. The summed E-state index contributed by atoms with van der Waals surface area (Å²) in [5.41, 5.74) is 1.36. The van der Waals surface area contributed by atoms with E-state index in [-0.39, 0.29) is 6.61 Å². The van der Waals surface area contributed by atoms with E-state index in [9.17, 15) is 5.11 Å². The quantitative estimate of drug-likeness (QED) is 0.496. The van der Waals surface area contributed by atoms with Crippen molar-refractivity contribution in [1.82, 2.24) is 0 Å². The van der Waals surface area contributed by atoms with Crippen molar-refractivity contribution in [3.05, 3.63) is 29.8 Å². The van der Waals surface area contributed by atoms with Gasteiger partial charge < -0.3 is 14.9 Å². The number of aliphatic hydroxyl groups excluding tert-OH is 2. The van der Waals surface area contributed by atoms with E-state index >= 15 is 0 Å². The van der Waals surface area contributed by atoms with E-state index in [1.807, 2.05) is 12.1 Å². The fraction of sp³-hybridized carbons (Fsp3) is 0.700. The van der Waals surface area contributed by atoms with Crippen LogP contribution < -0.4 is 4.74 Å². The van der Waals surface area contributed by atoms with Crippen LogP contribution in [0.5, 0.6) is 5.75 Å². The number of aryl methyl sites for hydroxylation is 1. The Kier molecular flexibility index (Phi) is 11.6. The molecule has 0 aliphatic heterocycles. The van der Waals surface area contributed by atoms with E-state index in [2.05, 4.69) is 19.1 Å². The van der Waals surface area contributed by atoms with Gasteiger partial charge in [0.15, 0.2) is 0 Å². The average Bonchev–Trinajstić information content (AvgIpc) is 2.58. The maximum absolute atomic E-state index is 9.25. The van der Waals surface area contributed by atoms with E-state index in [0.717, 1.165) is 12.2 Å². The van der Waals surface area contributed by atoms with Crippen molar-refractivity contribution in [2.45, 2.75) is 77.2 Å². The highest BCUT2D eigenvalue weighted by Crippen LogP contribution is 2.15. The van der Waals surface area contributed by atoms with Crippen LogP contribution in [0.3, 0.4) is 0 Å². The Morgan fingerprint density at radius 2 is 1.52 bits per heavy atom. The molecular weight excluding hydrogens is 288 g/mol. The van der Waals surface area contributed by atoms with E-state index in [4.69, 9.17) is 9.84 Å². The third kappa shape index (κ3) is 10.4. The molecule has 0 aromatic heterocycles. The molecule has 0 radical (unpaired) electrons. The summed E-state index contributed by atoms with van der Waals surface area (Å²) in [7, 11) is 0. The molecule has 1 atom stereocenters. The van der Waals surface area contributed by atoms with Crippen molar-refractivity contribution < 1.29 is 14.9 Å². The Labute approximate surface area is 141 Å².